The second kappa shape index (κ2) is 7.97. The first-order valence-electron chi connectivity index (χ1n) is 5.53. The van der Waals surface area contributed by atoms with E-state index in [1.807, 2.05) is 30.5 Å². The number of hydrazine groups is 1. The maximum absolute atomic E-state index is 10.9. The second-order valence-electron chi connectivity index (χ2n) is 3.52. The quantitative estimate of drug-likeness (QED) is 0.257. The molecule has 5 heteroatoms. The topological polar surface area (TPSA) is 64.3 Å². The zero-order chi connectivity index (χ0) is 12.5. The highest BCUT2D eigenvalue weighted by molar-refractivity contribution is 7.98. The van der Waals surface area contributed by atoms with E-state index in [0.717, 1.165) is 23.5 Å². The molecule has 1 amide bonds. The van der Waals surface area contributed by atoms with Crippen LogP contribution in [0.3, 0.4) is 0 Å². The van der Waals surface area contributed by atoms with Crippen LogP contribution in [0.5, 0.6) is 5.75 Å². The van der Waals surface area contributed by atoms with Gasteiger partial charge in [0.25, 0.3) is 0 Å². The average molecular weight is 254 g/mol. The van der Waals surface area contributed by atoms with E-state index in [4.69, 9.17) is 10.6 Å². The minimum atomic E-state index is -0.130. The number of benzene rings is 1. The van der Waals surface area contributed by atoms with Crippen molar-refractivity contribution >= 4 is 17.7 Å². The van der Waals surface area contributed by atoms with Crippen molar-refractivity contribution in [3.63, 3.8) is 0 Å². The molecule has 0 aliphatic heterocycles. The highest BCUT2D eigenvalue weighted by Gasteiger charge is 2.01. The fourth-order valence-electron chi connectivity index (χ4n) is 1.38. The summed E-state index contributed by atoms with van der Waals surface area (Å²) in [5, 5.41) is 0. The van der Waals surface area contributed by atoms with E-state index in [0.29, 0.717) is 13.0 Å². The summed E-state index contributed by atoms with van der Waals surface area (Å²) >= 11 is 1.66. The number of rotatable bonds is 7. The molecule has 0 spiro atoms. The lowest BCUT2D eigenvalue weighted by Gasteiger charge is -2.09. The minimum Gasteiger partial charge on any atom is -0.492 e. The fraction of sp³-hybridized carbons (Fsp3) is 0.417. The van der Waals surface area contributed by atoms with Crippen molar-refractivity contribution in [2.45, 2.75) is 24.2 Å². The summed E-state index contributed by atoms with van der Waals surface area (Å²) in [7, 11) is 0. The van der Waals surface area contributed by atoms with Gasteiger partial charge in [0.2, 0.25) is 5.91 Å². The van der Waals surface area contributed by atoms with Crippen LogP contribution in [0.2, 0.25) is 0 Å². The molecule has 0 saturated heterocycles. The summed E-state index contributed by atoms with van der Waals surface area (Å²) in [4.78, 5) is 12.0. The van der Waals surface area contributed by atoms with Gasteiger partial charge in [-0.2, -0.15) is 0 Å². The third kappa shape index (κ3) is 5.10. The molecule has 1 aromatic carbocycles. The van der Waals surface area contributed by atoms with Gasteiger partial charge in [0.15, 0.2) is 0 Å². The van der Waals surface area contributed by atoms with Crippen LogP contribution in [0.25, 0.3) is 0 Å². The molecular weight excluding hydrogens is 236 g/mol. The molecule has 0 aromatic heterocycles. The average Bonchev–Trinajstić information content (AvgIpc) is 2.38. The van der Waals surface area contributed by atoms with Crippen LogP contribution in [0, 0.1) is 0 Å². The first kappa shape index (κ1) is 13.9. The van der Waals surface area contributed by atoms with Gasteiger partial charge in [0.05, 0.1) is 6.61 Å². The van der Waals surface area contributed by atoms with Crippen LogP contribution in [0.4, 0.5) is 0 Å². The monoisotopic (exact) mass is 254 g/mol. The van der Waals surface area contributed by atoms with Gasteiger partial charge < -0.3 is 4.74 Å². The van der Waals surface area contributed by atoms with Crippen LogP contribution in [-0.4, -0.2) is 18.8 Å². The van der Waals surface area contributed by atoms with Gasteiger partial charge >= 0.3 is 0 Å². The van der Waals surface area contributed by atoms with Crippen LogP contribution in [-0.2, 0) is 4.79 Å². The second-order valence-corrected chi connectivity index (χ2v) is 4.37. The molecule has 4 nitrogen and oxygen atoms in total. The molecule has 0 atom stereocenters. The highest BCUT2D eigenvalue weighted by atomic mass is 32.2. The number of nitrogens with two attached hydrogens (primary N) is 1. The Balaban J connectivity index is 2.24. The number of thioether (sulfide) groups is 1. The van der Waals surface area contributed by atoms with Gasteiger partial charge in [-0.1, -0.05) is 12.1 Å². The van der Waals surface area contributed by atoms with Crippen molar-refractivity contribution in [1.82, 2.24) is 5.43 Å². The Morgan fingerprint density at radius 1 is 1.41 bits per heavy atom. The van der Waals surface area contributed by atoms with E-state index < -0.39 is 0 Å². The van der Waals surface area contributed by atoms with Gasteiger partial charge in [-0.3, -0.25) is 10.2 Å². The number of nitrogens with one attached hydrogen (secondary N) is 1. The van der Waals surface area contributed by atoms with Gasteiger partial charge in [-0.25, -0.2) is 5.84 Å². The molecule has 0 aliphatic carbocycles. The van der Waals surface area contributed by atoms with E-state index in [-0.39, 0.29) is 5.91 Å². The van der Waals surface area contributed by atoms with Gasteiger partial charge in [-0.05, 0) is 31.2 Å². The predicted octanol–water partition coefficient (Wildman–Crippen LogP) is 1.95. The SMILES string of the molecule is CSc1ccccc1OCCCCC(=O)NN. The Morgan fingerprint density at radius 2 is 2.18 bits per heavy atom. The standard InChI is InChI=1S/C12H18N2O2S/c1-17-11-7-3-2-6-10(11)16-9-5-4-8-12(15)14-13/h2-3,6-7H,4-5,8-9,13H2,1H3,(H,14,15). The maximum Gasteiger partial charge on any atom is 0.233 e. The zero-order valence-corrected chi connectivity index (χ0v) is 10.8. The van der Waals surface area contributed by atoms with Crippen LogP contribution >= 0.6 is 11.8 Å². The Kier molecular flexibility index (Phi) is 6.50. The first-order chi connectivity index (χ1) is 8.27. The van der Waals surface area contributed by atoms with Gasteiger partial charge in [0, 0.05) is 11.3 Å². The minimum absolute atomic E-state index is 0.130. The largest absolute Gasteiger partial charge is 0.492 e. The molecule has 94 valence electrons. The third-order valence-electron chi connectivity index (χ3n) is 2.29. The first-order valence-corrected chi connectivity index (χ1v) is 6.75. The normalized spacial score (nSPS) is 10.0. The molecule has 3 N–H and O–H groups in total. The molecule has 0 radical (unpaired) electrons. The fourth-order valence-corrected chi connectivity index (χ4v) is 1.92. The zero-order valence-electron chi connectivity index (χ0n) is 9.94. The smallest absolute Gasteiger partial charge is 0.233 e. The van der Waals surface area contributed by atoms with Crippen molar-refractivity contribution in [2.24, 2.45) is 5.84 Å². The number of unbranched alkanes of at least 4 members (excludes halogenated alkanes) is 1. The van der Waals surface area contributed by atoms with Crippen molar-refractivity contribution < 1.29 is 9.53 Å². The molecule has 17 heavy (non-hydrogen) atoms. The highest BCUT2D eigenvalue weighted by Crippen LogP contribution is 2.26. The number of hydrogen-bond donors (Lipinski definition) is 2. The number of hydrogen-bond acceptors (Lipinski definition) is 4. The molecule has 0 heterocycles. The van der Waals surface area contributed by atoms with Gasteiger partial charge in [0.1, 0.15) is 5.75 Å². The Morgan fingerprint density at radius 3 is 2.88 bits per heavy atom. The summed E-state index contributed by atoms with van der Waals surface area (Å²) in [6, 6.07) is 7.93. The molecule has 0 fully saturated rings. The van der Waals surface area contributed by atoms with Crippen molar-refractivity contribution in [1.29, 1.82) is 0 Å². The molecule has 0 aliphatic rings. The van der Waals surface area contributed by atoms with E-state index in [1.165, 1.54) is 0 Å². The van der Waals surface area contributed by atoms with E-state index in [9.17, 15) is 4.79 Å². The molecule has 1 rings (SSSR count). The number of carbonyl (C=O) groups is 1. The molecule has 0 saturated carbocycles. The predicted molar refractivity (Wildman–Crippen MR) is 69.9 cm³/mol. The summed E-state index contributed by atoms with van der Waals surface area (Å²) in [6.07, 6.45) is 4.10. The summed E-state index contributed by atoms with van der Waals surface area (Å²) in [5.41, 5.74) is 2.11. The van der Waals surface area contributed by atoms with Gasteiger partial charge in [-0.15, -0.1) is 11.8 Å². The van der Waals surface area contributed by atoms with E-state index in [1.54, 1.807) is 11.8 Å². The van der Waals surface area contributed by atoms with Crippen molar-refractivity contribution in [3.05, 3.63) is 24.3 Å². The van der Waals surface area contributed by atoms with Crippen LogP contribution < -0.4 is 16.0 Å². The lowest BCUT2D eigenvalue weighted by Crippen LogP contribution is -2.29. The Labute approximate surface area is 106 Å². The van der Waals surface area contributed by atoms with Crippen molar-refractivity contribution in [2.75, 3.05) is 12.9 Å². The van der Waals surface area contributed by atoms with E-state index >= 15 is 0 Å². The molecular formula is C12H18N2O2S. The Bertz CT molecular complexity index is 358. The number of ether oxygens (including phenoxy) is 1. The summed E-state index contributed by atoms with van der Waals surface area (Å²) in [5.74, 6) is 5.76. The summed E-state index contributed by atoms with van der Waals surface area (Å²) < 4.78 is 5.66. The van der Waals surface area contributed by atoms with E-state index in [2.05, 4.69) is 5.43 Å². The maximum atomic E-state index is 10.9. The summed E-state index contributed by atoms with van der Waals surface area (Å²) in [6.45, 7) is 0.620. The Hall–Kier alpha value is -1.20. The van der Waals surface area contributed by atoms with Crippen LogP contribution in [0.1, 0.15) is 19.3 Å². The molecule has 0 unspecified atom stereocenters. The number of amides is 1. The molecule has 1 aromatic rings. The van der Waals surface area contributed by atoms with Crippen LogP contribution in [0.15, 0.2) is 29.2 Å². The third-order valence-corrected chi connectivity index (χ3v) is 3.06. The number of para-hydroxylation sites is 1. The molecule has 0 bridgehead atoms. The number of carbonyl (C=O) groups excluding carboxylic acids is 1. The lowest BCUT2D eigenvalue weighted by atomic mass is 10.2. The van der Waals surface area contributed by atoms with Crippen molar-refractivity contribution in [3.8, 4) is 5.75 Å². The lowest BCUT2D eigenvalue weighted by molar-refractivity contribution is -0.121.